The van der Waals surface area contributed by atoms with E-state index in [4.69, 9.17) is 0 Å². The minimum absolute atomic E-state index is 0.107. The molecule has 0 heterocycles. The zero-order chi connectivity index (χ0) is 42.9. The van der Waals surface area contributed by atoms with Crippen LogP contribution in [0.4, 0.5) is 5.69 Å². The lowest BCUT2D eigenvalue weighted by atomic mass is 9.80. The molecule has 0 fully saturated rings. The van der Waals surface area contributed by atoms with Gasteiger partial charge in [0.05, 0.1) is 0 Å². The van der Waals surface area contributed by atoms with Crippen LogP contribution in [0, 0.1) is 0 Å². The van der Waals surface area contributed by atoms with Crippen molar-refractivity contribution in [2.24, 2.45) is 0 Å². The summed E-state index contributed by atoms with van der Waals surface area (Å²) in [5, 5.41) is 13.6. The zero-order valence-electron chi connectivity index (χ0n) is 39.8. The van der Waals surface area contributed by atoms with Crippen LogP contribution in [0.1, 0.15) is 239 Å². The molecule has 0 N–H and O–H groups in total. The van der Waals surface area contributed by atoms with Gasteiger partial charge in [0.1, 0.15) is 13.1 Å². The molecule has 1 aromatic rings. The first kappa shape index (κ1) is 51.5. The van der Waals surface area contributed by atoms with E-state index >= 15 is 0 Å². The van der Waals surface area contributed by atoms with Crippen molar-refractivity contribution in [1.29, 1.82) is 0 Å². The normalized spacial score (nSPS) is 13.9. The molecule has 0 unspecified atom stereocenters. The molecule has 2 aliphatic rings. The molecule has 0 atom stereocenters. The van der Waals surface area contributed by atoms with Gasteiger partial charge in [-0.2, -0.15) is 0 Å². The van der Waals surface area contributed by atoms with Gasteiger partial charge in [-0.1, -0.05) is 213 Å². The molecular formula is C56H92N2O2. The number of rotatable bonds is 38. The molecule has 4 nitrogen and oxygen atoms in total. The number of carbonyl (C=O) groups excluding carboxylic acids is 1. The van der Waals surface area contributed by atoms with Gasteiger partial charge in [-0.25, -0.2) is 4.58 Å². The Bertz CT molecular complexity index is 1380. The SMILES string of the molecule is CCCCCCCCCCN(CCCCCCCCCC)c1ccc(C2=C([O-])C(=C3C=CC(=[N+](CCCCCCCCCC)CCCCCCCCCC)C=C3)C2=O)cc1. The molecular weight excluding hydrogens is 733 g/mol. The third-order valence-corrected chi connectivity index (χ3v) is 13.1. The van der Waals surface area contributed by atoms with Crippen LogP contribution >= 0.6 is 0 Å². The lowest BCUT2D eigenvalue weighted by Gasteiger charge is -2.32. The number of ketones is 1. The van der Waals surface area contributed by atoms with Crippen LogP contribution in [0.15, 0.2) is 65.5 Å². The van der Waals surface area contributed by atoms with Gasteiger partial charge in [0.15, 0.2) is 11.5 Å². The maximum absolute atomic E-state index is 13.6. The lowest BCUT2D eigenvalue weighted by molar-refractivity contribution is -0.527. The average Bonchev–Trinajstić information content (AvgIpc) is 3.26. The largest absolute Gasteiger partial charge is 0.871 e. The van der Waals surface area contributed by atoms with E-state index in [1.54, 1.807) is 0 Å². The number of anilines is 1. The van der Waals surface area contributed by atoms with Crippen molar-refractivity contribution in [2.75, 3.05) is 31.1 Å². The lowest BCUT2D eigenvalue weighted by Crippen LogP contribution is -2.30. The topological polar surface area (TPSA) is 46.4 Å². The monoisotopic (exact) mass is 825 g/mol. The fourth-order valence-electron chi connectivity index (χ4n) is 9.08. The standard InChI is InChI=1S/C56H92N2O2/c1-5-9-13-17-21-25-29-33-45-57(46-34-30-26-22-18-14-10-6-2)51-41-37-49(38-42-51)53-55(59)54(56(53)60)50-39-43-52(44-40-50)58(47-35-31-27-23-19-15-11-7-3)48-36-32-28-24-20-16-12-8-4/h37-44H,5-36,45-48H2,1-4H3. The van der Waals surface area contributed by atoms with Gasteiger partial charge in [0.2, 0.25) is 0 Å². The molecule has 1 aromatic carbocycles. The number of carbonyl (C=O) groups is 1. The van der Waals surface area contributed by atoms with Crippen LogP contribution in [0.5, 0.6) is 0 Å². The highest BCUT2D eigenvalue weighted by Gasteiger charge is 2.31. The summed E-state index contributed by atoms with van der Waals surface area (Å²) < 4.78 is 2.55. The van der Waals surface area contributed by atoms with Crippen LogP contribution in [-0.4, -0.2) is 42.2 Å². The molecule has 60 heavy (non-hydrogen) atoms. The highest BCUT2D eigenvalue weighted by molar-refractivity contribution is 6.39. The summed E-state index contributed by atoms with van der Waals surface area (Å²) in [6.07, 6.45) is 50.7. The van der Waals surface area contributed by atoms with Gasteiger partial charge in [0.25, 0.3) is 0 Å². The van der Waals surface area contributed by atoms with E-state index in [9.17, 15) is 9.90 Å². The Balaban J connectivity index is 1.63. The number of hydrogen-bond donors (Lipinski definition) is 0. The fourth-order valence-corrected chi connectivity index (χ4v) is 9.08. The Morgan fingerprint density at radius 2 is 0.783 bits per heavy atom. The summed E-state index contributed by atoms with van der Waals surface area (Å²) in [6, 6.07) is 8.34. The molecule has 3 rings (SSSR count). The molecule has 338 valence electrons. The number of Topliss-reactive ketones (excluding diaryl/α,β-unsaturated/α-hetero) is 1. The van der Waals surface area contributed by atoms with E-state index in [-0.39, 0.29) is 11.5 Å². The molecule has 0 bridgehead atoms. The van der Waals surface area contributed by atoms with Crippen LogP contribution in [0.3, 0.4) is 0 Å². The predicted octanol–water partition coefficient (Wildman–Crippen LogP) is 15.6. The molecule has 0 saturated carbocycles. The molecule has 2 aliphatic carbocycles. The maximum atomic E-state index is 13.6. The van der Waals surface area contributed by atoms with Crippen molar-refractivity contribution in [1.82, 2.24) is 0 Å². The Kier molecular flexibility index (Phi) is 28.9. The minimum atomic E-state index is -0.107. The molecule has 0 spiro atoms. The minimum Gasteiger partial charge on any atom is -0.871 e. The zero-order valence-corrected chi connectivity index (χ0v) is 39.8. The first-order chi connectivity index (χ1) is 29.5. The van der Waals surface area contributed by atoms with E-state index in [2.05, 4.69) is 61.5 Å². The Morgan fingerprint density at radius 3 is 1.15 bits per heavy atom. The Hall–Kier alpha value is -2.88. The average molecular weight is 825 g/mol. The summed E-state index contributed by atoms with van der Waals surface area (Å²) in [5.74, 6) is -0.213. The first-order valence-electron chi connectivity index (χ1n) is 26.1. The number of nitrogens with zero attached hydrogens (tertiary/aromatic N) is 2. The second kappa shape index (κ2) is 33.7. The summed E-state index contributed by atoms with van der Waals surface area (Å²) in [4.78, 5) is 16.2. The van der Waals surface area contributed by atoms with Gasteiger partial charge in [0, 0.05) is 54.9 Å². The van der Waals surface area contributed by atoms with Gasteiger partial charge in [-0.3, -0.25) is 4.79 Å². The quantitative estimate of drug-likeness (QED) is 0.0379. The molecule has 4 heteroatoms. The second-order valence-corrected chi connectivity index (χ2v) is 18.4. The first-order valence-corrected chi connectivity index (χ1v) is 26.1. The molecule has 0 saturated heterocycles. The summed E-state index contributed by atoms with van der Waals surface area (Å²) in [5.41, 5.74) is 4.65. The van der Waals surface area contributed by atoms with E-state index in [1.165, 1.54) is 217 Å². The molecule has 0 amide bonds. The summed E-state index contributed by atoms with van der Waals surface area (Å²) >= 11 is 0. The third-order valence-electron chi connectivity index (χ3n) is 13.1. The van der Waals surface area contributed by atoms with Gasteiger partial charge in [-0.15, -0.1) is 0 Å². The second-order valence-electron chi connectivity index (χ2n) is 18.4. The Morgan fingerprint density at radius 1 is 0.433 bits per heavy atom. The van der Waals surface area contributed by atoms with Gasteiger partial charge >= 0.3 is 0 Å². The number of allylic oxidation sites excluding steroid dienone is 7. The van der Waals surface area contributed by atoms with Crippen molar-refractivity contribution >= 4 is 22.8 Å². The number of unbranched alkanes of at least 4 members (excludes halogenated alkanes) is 28. The van der Waals surface area contributed by atoms with Crippen molar-refractivity contribution in [3.8, 4) is 0 Å². The molecule has 0 aromatic heterocycles. The van der Waals surface area contributed by atoms with Crippen molar-refractivity contribution in [3.63, 3.8) is 0 Å². The van der Waals surface area contributed by atoms with Crippen LogP contribution < -0.4 is 10.0 Å². The number of hydrogen-bond acceptors (Lipinski definition) is 3. The Labute approximate surface area is 371 Å². The number of benzene rings is 1. The molecule has 0 radical (unpaired) electrons. The molecule has 0 aliphatic heterocycles. The smallest absolute Gasteiger partial charge is 0.199 e. The van der Waals surface area contributed by atoms with E-state index < -0.39 is 0 Å². The maximum Gasteiger partial charge on any atom is 0.199 e. The van der Waals surface area contributed by atoms with Crippen molar-refractivity contribution in [2.45, 2.75) is 233 Å². The van der Waals surface area contributed by atoms with Crippen molar-refractivity contribution in [3.05, 3.63) is 71.0 Å². The highest BCUT2D eigenvalue weighted by atomic mass is 16.3. The van der Waals surface area contributed by atoms with E-state index in [0.29, 0.717) is 11.1 Å². The third kappa shape index (κ3) is 20.3. The van der Waals surface area contributed by atoms with E-state index in [0.717, 1.165) is 37.3 Å². The van der Waals surface area contributed by atoms with Gasteiger partial charge in [-0.05, 0) is 61.1 Å². The van der Waals surface area contributed by atoms with Crippen LogP contribution in [0.25, 0.3) is 5.57 Å². The predicted molar refractivity (Wildman–Crippen MR) is 261 cm³/mol. The van der Waals surface area contributed by atoms with Gasteiger partial charge < -0.3 is 10.0 Å². The fraction of sp³-hybridized carbons (Fsp3) is 0.714. The van der Waals surface area contributed by atoms with Crippen molar-refractivity contribution < 1.29 is 14.5 Å². The highest BCUT2D eigenvalue weighted by Crippen LogP contribution is 2.38. The van der Waals surface area contributed by atoms with Crippen LogP contribution in [0.2, 0.25) is 0 Å². The summed E-state index contributed by atoms with van der Waals surface area (Å²) in [6.45, 7) is 13.4. The van der Waals surface area contributed by atoms with Crippen LogP contribution in [-0.2, 0) is 4.79 Å². The summed E-state index contributed by atoms with van der Waals surface area (Å²) in [7, 11) is 0. The van der Waals surface area contributed by atoms with E-state index in [1.807, 2.05) is 24.3 Å².